The van der Waals surface area contributed by atoms with Crippen molar-refractivity contribution in [3.8, 4) is 34.1 Å². The first-order valence-corrected chi connectivity index (χ1v) is 32.5. The summed E-state index contributed by atoms with van der Waals surface area (Å²) < 4.78 is 0. The summed E-state index contributed by atoms with van der Waals surface area (Å²) in [5, 5.41) is 4.55. The van der Waals surface area contributed by atoms with Crippen molar-refractivity contribution >= 4 is 31.8 Å². The third-order valence-corrected chi connectivity index (χ3v) is 21.8. The molecule has 424 valence electrons. The van der Waals surface area contributed by atoms with E-state index in [9.17, 15) is 0 Å². The van der Waals surface area contributed by atoms with Crippen LogP contribution in [0.5, 0.6) is 0 Å². The van der Waals surface area contributed by atoms with Gasteiger partial charge in [0, 0.05) is 0 Å². The van der Waals surface area contributed by atoms with E-state index in [1.54, 1.807) is 0 Å². The van der Waals surface area contributed by atoms with E-state index in [1.165, 1.54) is 108 Å². The number of unbranched alkanes of at least 4 members (excludes halogenated alkanes) is 1. The molecule has 0 spiro atoms. The van der Waals surface area contributed by atoms with Gasteiger partial charge in [0.25, 0.3) is 0 Å². The molecule has 0 saturated carbocycles. The molecule has 2 aliphatic rings. The second-order valence-corrected chi connectivity index (χ2v) is 26.2. The summed E-state index contributed by atoms with van der Waals surface area (Å²) in [6, 6.07) is 106. The van der Waals surface area contributed by atoms with Gasteiger partial charge in [0.15, 0.2) is 0 Å². The molecule has 4 heteroatoms. The molecule has 0 aliphatic heterocycles. The van der Waals surface area contributed by atoms with Gasteiger partial charge in [0.2, 0.25) is 0 Å². The van der Waals surface area contributed by atoms with E-state index in [4.69, 9.17) is 12.8 Å². The predicted octanol–water partition coefficient (Wildman–Crippen LogP) is 18.4. The van der Waals surface area contributed by atoms with Gasteiger partial charge in [-0.1, -0.05) is 261 Å². The van der Waals surface area contributed by atoms with Gasteiger partial charge in [0.05, 0.1) is 60.7 Å². The van der Waals surface area contributed by atoms with Crippen LogP contribution in [0.4, 0.5) is 0 Å². The Labute approximate surface area is 544 Å². The molecule has 0 radical (unpaired) electrons. The summed E-state index contributed by atoms with van der Waals surface area (Å²) in [6.45, 7) is 3.75. The van der Waals surface area contributed by atoms with Crippen molar-refractivity contribution < 1.29 is 44.8 Å². The van der Waals surface area contributed by atoms with Gasteiger partial charge >= 0.3 is 44.8 Å². The van der Waals surface area contributed by atoms with Crippen LogP contribution >= 0.6 is 15.8 Å². The Bertz CT molecular complexity index is 3800. The molecule has 0 saturated heterocycles. The largest absolute Gasteiger partial charge is 1.00 e. The molecule has 0 heterocycles. The van der Waals surface area contributed by atoms with Gasteiger partial charge < -0.3 is 12.8 Å². The van der Waals surface area contributed by atoms with Crippen LogP contribution in [0.25, 0.3) is 22.3 Å². The fourth-order valence-corrected chi connectivity index (χ4v) is 17.6. The van der Waals surface area contributed by atoms with Crippen LogP contribution in [-0.2, 0) is 55.6 Å². The van der Waals surface area contributed by atoms with Gasteiger partial charge in [-0.15, -0.1) is 35.4 Å². The molecular weight excluding hydrogens is 1440 g/mol. The molecule has 86 heavy (non-hydrogen) atoms. The molecule has 13 rings (SSSR count). The molecule has 0 aromatic heterocycles. The number of fused-ring (bicyclic) bond motifs is 6. The Morgan fingerprint density at radius 1 is 0.337 bits per heavy atom. The van der Waals surface area contributed by atoms with Crippen molar-refractivity contribution in [2.75, 3.05) is 12.3 Å². The van der Waals surface area contributed by atoms with Crippen LogP contribution in [0.3, 0.4) is 0 Å². The van der Waals surface area contributed by atoms with E-state index < -0.39 is 15.8 Å². The number of benzene rings is 11. The molecule has 0 amide bonds. The standard InChI is InChI=1S/C28H30P2.2C27H17.2Au/c1-2-3-4-14-23-29(26-17-8-5-9-18-26)24-15-16-25-30(27-19-10-6-11-20-27)28-21-12-7-13-22-28;2*1-2-20-17-18-26-24(19-20)23-15-9-10-16-25(23)27(26,21-11-5-3-6-12-21)22-13-7-4-8-14-22;;/h2-14,17-23H,1,15-16,24-25H2;2*3-19H;;/q;2*-1;2*+1/p+2/b4-3-,23-14+;;;;. The average Bonchev–Trinajstić information content (AvgIpc) is 1.59. The Morgan fingerprint density at radius 2 is 0.663 bits per heavy atom. The third kappa shape index (κ3) is 13.1. The molecule has 11 aromatic rings. The third-order valence-electron chi connectivity index (χ3n) is 16.4. The summed E-state index contributed by atoms with van der Waals surface area (Å²) in [5.41, 5.74) is 15.9. The summed E-state index contributed by atoms with van der Waals surface area (Å²) in [7, 11) is -1.40. The molecule has 1 unspecified atom stereocenters. The second kappa shape index (κ2) is 30.4. The van der Waals surface area contributed by atoms with Gasteiger partial charge in [-0.25, -0.2) is 0 Å². The first-order valence-electron chi connectivity index (χ1n) is 29.0. The van der Waals surface area contributed by atoms with Crippen LogP contribution in [0, 0.1) is 24.7 Å². The number of hydrogen-bond acceptors (Lipinski definition) is 0. The van der Waals surface area contributed by atoms with E-state index in [0.717, 1.165) is 11.1 Å². The zero-order valence-electron chi connectivity index (χ0n) is 47.8. The Balaban J connectivity index is 0.000000152. The van der Waals surface area contributed by atoms with E-state index in [2.05, 4.69) is 322 Å². The minimum Gasteiger partial charge on any atom is -0.366 e. The number of rotatable bonds is 15. The van der Waals surface area contributed by atoms with Crippen molar-refractivity contribution in [3.63, 3.8) is 0 Å². The molecule has 0 N–H and O–H groups in total. The van der Waals surface area contributed by atoms with E-state index >= 15 is 0 Å². The zero-order chi connectivity index (χ0) is 57.4. The van der Waals surface area contributed by atoms with Crippen LogP contribution < -0.4 is 15.9 Å². The van der Waals surface area contributed by atoms with E-state index in [-0.39, 0.29) is 55.6 Å². The average molecular weight is 1510 g/mol. The van der Waals surface area contributed by atoms with Crippen molar-refractivity contribution in [2.45, 2.75) is 23.7 Å². The maximum atomic E-state index is 7.57. The molecule has 2 aliphatic carbocycles. The summed E-state index contributed by atoms with van der Waals surface area (Å²) in [5.74, 6) is 7.52. The summed E-state index contributed by atoms with van der Waals surface area (Å²) >= 11 is 0. The van der Waals surface area contributed by atoms with Crippen LogP contribution in [-0.4, -0.2) is 12.3 Å². The van der Waals surface area contributed by atoms with Gasteiger partial charge in [-0.3, -0.25) is 11.8 Å². The quantitative estimate of drug-likeness (QED) is 0.0240. The fourth-order valence-electron chi connectivity index (χ4n) is 12.7. The van der Waals surface area contributed by atoms with Crippen LogP contribution in [0.1, 0.15) is 68.5 Å². The molecule has 1 atom stereocenters. The SMILES string of the molecule is C=C/C=C\C=C\[PH+](CCCC[PH+](c1ccccc1)c1ccccc1)c1ccccc1.[Au+].[Au+].[C-]#Cc1ccc2c(c1)-c1ccccc1C2(c1ccccc1)c1ccccc1.[C-]#Cc1ccc2c(c1)-c1ccccc1C2(c1ccccc1)c1ccccc1. The first kappa shape index (κ1) is 62.6. The maximum Gasteiger partial charge on any atom is 1.00 e. The fraction of sp³-hybridized carbons (Fsp3) is 0.0732. The normalized spacial score (nSPS) is 12.8. The Kier molecular flexibility index (Phi) is 22.2. The van der Waals surface area contributed by atoms with Crippen molar-refractivity contribution in [1.29, 1.82) is 0 Å². The molecule has 0 fully saturated rings. The van der Waals surface area contributed by atoms with Crippen LogP contribution in [0.2, 0.25) is 0 Å². The van der Waals surface area contributed by atoms with Gasteiger partial charge in [0.1, 0.15) is 0 Å². The summed E-state index contributed by atoms with van der Waals surface area (Å²) in [4.78, 5) is 0. The minimum atomic E-state index is -0.714. The van der Waals surface area contributed by atoms with Crippen molar-refractivity contribution in [3.05, 3.63) is 402 Å². The van der Waals surface area contributed by atoms with Gasteiger partial charge in [-0.05, 0) is 122 Å². The first-order chi connectivity index (χ1) is 41.6. The van der Waals surface area contributed by atoms with E-state index in [0.29, 0.717) is 0 Å². The van der Waals surface area contributed by atoms with E-state index in [1.807, 2.05) is 24.3 Å². The molecule has 0 bridgehead atoms. The van der Waals surface area contributed by atoms with Crippen LogP contribution in [0.15, 0.2) is 334 Å². The number of allylic oxidation sites excluding steroid dienone is 4. The molecule has 0 nitrogen and oxygen atoms in total. The minimum absolute atomic E-state index is 0. The topological polar surface area (TPSA) is 0 Å². The summed E-state index contributed by atoms with van der Waals surface area (Å²) in [6.07, 6.45) is 28.4. The molecular formula is C82H66Au2P2+2. The molecule has 11 aromatic carbocycles. The second-order valence-electron chi connectivity index (χ2n) is 21.1. The van der Waals surface area contributed by atoms with Crippen molar-refractivity contribution in [1.82, 2.24) is 0 Å². The number of hydrogen-bond donors (Lipinski definition) is 0. The Hall–Kier alpha value is -7.90. The Morgan fingerprint density at radius 3 is 1.03 bits per heavy atom. The van der Waals surface area contributed by atoms with Gasteiger partial charge in [-0.2, -0.15) is 0 Å². The predicted molar refractivity (Wildman–Crippen MR) is 362 cm³/mol. The smallest absolute Gasteiger partial charge is 0.366 e. The maximum absolute atomic E-state index is 7.57. The van der Waals surface area contributed by atoms with Crippen molar-refractivity contribution in [2.24, 2.45) is 0 Å². The monoisotopic (exact) mass is 1510 g/mol. The zero-order valence-corrected chi connectivity index (χ0v) is 54.1.